The van der Waals surface area contributed by atoms with Crippen LogP contribution in [0.25, 0.3) is 0 Å². The van der Waals surface area contributed by atoms with Crippen molar-refractivity contribution < 1.29 is 0 Å². The van der Waals surface area contributed by atoms with E-state index in [1.807, 2.05) is 18.2 Å². The van der Waals surface area contributed by atoms with Crippen molar-refractivity contribution in [2.45, 2.75) is 6.16 Å². The van der Waals surface area contributed by atoms with E-state index < -0.39 is 5.31 Å². The Morgan fingerprint density at radius 3 is 1.50 bits per heavy atom. The van der Waals surface area contributed by atoms with Crippen LogP contribution in [-0.4, -0.2) is 0 Å². The molecule has 0 aromatic heterocycles. The zero-order valence-corrected chi connectivity index (χ0v) is 20.3. The van der Waals surface area contributed by atoms with Crippen LogP contribution in [0.5, 0.6) is 0 Å². The molecule has 0 bridgehead atoms. The molecule has 0 heterocycles. The molecule has 4 rings (SSSR count). The van der Waals surface area contributed by atoms with Crippen molar-refractivity contribution in [1.29, 1.82) is 5.26 Å². The van der Waals surface area contributed by atoms with Gasteiger partial charge >= 0.3 is 195 Å². The fourth-order valence-electron chi connectivity index (χ4n) is 4.02. The van der Waals surface area contributed by atoms with Gasteiger partial charge in [-0.3, -0.25) is 0 Å². The van der Waals surface area contributed by atoms with Gasteiger partial charge in [-0.1, -0.05) is 0 Å². The molecule has 0 atom stereocenters. The zero-order valence-electron chi connectivity index (χ0n) is 16.2. The van der Waals surface area contributed by atoms with Crippen molar-refractivity contribution in [2.75, 3.05) is 0 Å². The van der Waals surface area contributed by atoms with Crippen LogP contribution in [0.15, 0.2) is 114 Å². The predicted octanol–water partition coefficient (Wildman–Crippen LogP) is 6.66. The first kappa shape index (κ1) is 21.0. The first-order valence-corrected chi connectivity index (χ1v) is 14.9. The van der Waals surface area contributed by atoms with Gasteiger partial charge in [0.15, 0.2) is 0 Å². The normalized spacial score (nSPS) is 12.5. The van der Waals surface area contributed by atoms with E-state index in [4.69, 9.17) is 0 Å². The minimum atomic E-state index is -3.08. The third-order valence-corrected chi connectivity index (χ3v) is 15.8. The Bertz CT molecular complexity index is 1100. The van der Waals surface area contributed by atoms with Crippen LogP contribution in [0, 0.1) is 11.3 Å². The van der Waals surface area contributed by atoms with Gasteiger partial charge in [-0.05, 0) is 0 Å². The summed E-state index contributed by atoms with van der Waals surface area (Å²) in [5.74, 6) is 0. The van der Waals surface area contributed by atoms with Crippen LogP contribution in [0.1, 0.15) is 11.1 Å². The third kappa shape index (κ3) is 3.54. The molecule has 4 aromatic carbocycles. The number of benzene rings is 4. The van der Waals surface area contributed by atoms with Crippen molar-refractivity contribution in [1.82, 2.24) is 0 Å². The fraction of sp³-hybridized carbons (Fsp3) is 0.0385. The Labute approximate surface area is 194 Å². The standard InChI is InChI=1S/C26H20Br2NP/c27-26-17-16-21(19-29)18-22(26)20-30(28,23-10-4-1-5-11-23,24-12-6-2-7-13-24)25-14-8-3-9-15-25/h1-18H,20H2. The number of halogens is 2. The van der Waals surface area contributed by atoms with Gasteiger partial charge in [0.25, 0.3) is 0 Å². The van der Waals surface area contributed by atoms with E-state index in [2.05, 4.69) is 128 Å². The topological polar surface area (TPSA) is 23.8 Å². The molecule has 0 amide bonds. The van der Waals surface area contributed by atoms with E-state index in [1.54, 1.807) is 0 Å². The van der Waals surface area contributed by atoms with Gasteiger partial charge in [0.1, 0.15) is 0 Å². The number of nitriles is 1. The monoisotopic (exact) mass is 535 g/mol. The molecule has 4 aromatic rings. The molecule has 148 valence electrons. The van der Waals surface area contributed by atoms with Gasteiger partial charge < -0.3 is 0 Å². The van der Waals surface area contributed by atoms with Crippen molar-refractivity contribution in [3.05, 3.63) is 125 Å². The summed E-state index contributed by atoms with van der Waals surface area (Å²) in [5, 5.41) is 10.2. The van der Waals surface area contributed by atoms with Crippen LogP contribution in [-0.2, 0) is 6.16 Å². The molecule has 30 heavy (non-hydrogen) atoms. The average Bonchev–Trinajstić information content (AvgIpc) is 2.82. The van der Waals surface area contributed by atoms with Crippen LogP contribution in [0.2, 0.25) is 0 Å². The van der Waals surface area contributed by atoms with Crippen LogP contribution < -0.4 is 15.9 Å². The van der Waals surface area contributed by atoms with Crippen LogP contribution in [0.4, 0.5) is 0 Å². The Balaban J connectivity index is 2.11. The Morgan fingerprint density at radius 2 is 1.10 bits per heavy atom. The molecule has 0 aliphatic carbocycles. The van der Waals surface area contributed by atoms with E-state index >= 15 is 0 Å². The first-order chi connectivity index (χ1) is 14.6. The van der Waals surface area contributed by atoms with Gasteiger partial charge in [-0.2, -0.15) is 0 Å². The number of rotatable bonds is 5. The molecule has 0 saturated carbocycles. The molecule has 0 N–H and O–H groups in total. The van der Waals surface area contributed by atoms with E-state index in [0.29, 0.717) is 5.56 Å². The van der Waals surface area contributed by atoms with Crippen LogP contribution >= 0.6 is 36.7 Å². The van der Waals surface area contributed by atoms with Crippen molar-refractivity contribution >= 4 is 52.6 Å². The van der Waals surface area contributed by atoms with Crippen molar-refractivity contribution in [2.24, 2.45) is 0 Å². The fourth-order valence-corrected chi connectivity index (χ4v) is 12.3. The summed E-state index contributed by atoms with van der Waals surface area (Å²) >= 11 is 8.21. The SMILES string of the molecule is N#Cc1ccc(Br)c(CP(Br)(c2ccccc2)(c2ccccc2)c2ccccc2)c1. The van der Waals surface area contributed by atoms with Crippen molar-refractivity contribution in [3.63, 3.8) is 0 Å². The summed E-state index contributed by atoms with van der Waals surface area (Å²) < 4.78 is 1.01. The number of hydrogen-bond donors (Lipinski definition) is 0. The Morgan fingerprint density at radius 1 is 0.667 bits per heavy atom. The molecule has 0 saturated heterocycles. The Kier molecular flexibility index (Phi) is 5.94. The molecule has 1 nitrogen and oxygen atoms in total. The molecule has 0 spiro atoms. The summed E-state index contributed by atoms with van der Waals surface area (Å²) in [4.78, 5) is 0. The molecule has 0 fully saturated rings. The minimum absolute atomic E-state index is 0.667. The van der Waals surface area contributed by atoms with Crippen LogP contribution in [0.3, 0.4) is 0 Å². The molecular weight excluding hydrogens is 517 g/mol. The maximum absolute atomic E-state index is 9.50. The maximum atomic E-state index is 9.50. The van der Waals surface area contributed by atoms with E-state index in [9.17, 15) is 5.26 Å². The predicted molar refractivity (Wildman–Crippen MR) is 137 cm³/mol. The first-order valence-electron chi connectivity index (χ1n) is 9.64. The van der Waals surface area contributed by atoms with Gasteiger partial charge in [0.05, 0.1) is 0 Å². The summed E-state index contributed by atoms with van der Waals surface area (Å²) in [6.07, 6.45) is 0.750. The molecular formula is C26H20Br2NP. The third-order valence-electron chi connectivity index (χ3n) is 5.53. The number of hydrogen-bond acceptors (Lipinski definition) is 1. The molecule has 0 aliphatic rings. The average molecular weight is 537 g/mol. The van der Waals surface area contributed by atoms with E-state index in [-0.39, 0.29) is 0 Å². The molecule has 0 aliphatic heterocycles. The van der Waals surface area contributed by atoms with Gasteiger partial charge in [-0.25, -0.2) is 0 Å². The molecule has 4 heteroatoms. The summed E-state index contributed by atoms with van der Waals surface area (Å²) in [6.45, 7) is 0. The molecule has 0 unspecified atom stereocenters. The summed E-state index contributed by atoms with van der Waals surface area (Å²) in [5.41, 5.74) is 1.78. The van der Waals surface area contributed by atoms with E-state index in [0.717, 1.165) is 16.2 Å². The summed E-state index contributed by atoms with van der Waals surface area (Å²) in [6, 6.07) is 40.2. The van der Waals surface area contributed by atoms with Crippen molar-refractivity contribution in [3.8, 4) is 6.07 Å². The second-order valence-corrected chi connectivity index (χ2v) is 17.0. The van der Waals surface area contributed by atoms with E-state index in [1.165, 1.54) is 15.9 Å². The second-order valence-electron chi connectivity index (χ2n) is 7.27. The van der Waals surface area contributed by atoms with Gasteiger partial charge in [0.2, 0.25) is 0 Å². The number of nitrogens with zero attached hydrogens (tertiary/aromatic N) is 1. The van der Waals surface area contributed by atoms with Gasteiger partial charge in [-0.15, -0.1) is 0 Å². The quantitative estimate of drug-likeness (QED) is 0.262. The molecule has 0 radical (unpaired) electrons. The summed E-state index contributed by atoms with van der Waals surface area (Å²) in [7, 11) is 0. The Hall–Kier alpha value is -2.24. The second kappa shape index (κ2) is 8.48. The van der Waals surface area contributed by atoms with Gasteiger partial charge in [0, 0.05) is 0 Å². The zero-order chi connectivity index (χ0) is 21.1.